The van der Waals surface area contributed by atoms with Crippen molar-refractivity contribution in [1.82, 2.24) is 5.16 Å². The number of rotatable bonds is 7. The molecule has 1 heterocycles. The minimum absolute atomic E-state index is 0.00764. The van der Waals surface area contributed by atoms with E-state index in [-0.39, 0.29) is 35.0 Å². The lowest BCUT2D eigenvalue weighted by Gasteiger charge is -2.07. The lowest BCUT2D eigenvalue weighted by molar-refractivity contribution is -0.140. The highest BCUT2D eigenvalue weighted by Crippen LogP contribution is 2.29. The maximum atomic E-state index is 14.2. The number of esters is 2. The summed E-state index contributed by atoms with van der Waals surface area (Å²) in [6.07, 6.45) is 6.24. The number of aromatic nitrogens is 1. The van der Waals surface area contributed by atoms with E-state index in [4.69, 9.17) is 14.0 Å². The highest BCUT2D eigenvalue weighted by Gasteiger charge is 2.22. The van der Waals surface area contributed by atoms with E-state index in [1.807, 2.05) is 0 Å². The van der Waals surface area contributed by atoms with Crippen molar-refractivity contribution in [2.24, 2.45) is 0 Å². The van der Waals surface area contributed by atoms with Gasteiger partial charge in [-0.05, 0) is 42.3 Å². The Morgan fingerprint density at radius 1 is 1.06 bits per heavy atom. The summed E-state index contributed by atoms with van der Waals surface area (Å²) in [5.74, 6) is -0.994. The standard InChI is InChI=1S/C21H18FNO6.C3H6/c1-26-14-7-8-18(22)16(11-14)20-17(12-28-23-20)21(25)29-15-5-3-4-13(10-15)6-9-19(24)27-2;1-2-3-1/h3-5,7-8,10-12H,6,9H2,1-2H3;1-3H2. The monoisotopic (exact) mass is 441 g/mol. The van der Waals surface area contributed by atoms with Gasteiger partial charge in [0.05, 0.1) is 14.2 Å². The van der Waals surface area contributed by atoms with Gasteiger partial charge >= 0.3 is 11.9 Å². The van der Waals surface area contributed by atoms with Crippen LogP contribution < -0.4 is 9.47 Å². The molecule has 7 nitrogen and oxygen atoms in total. The number of aryl methyl sites for hydroxylation is 1. The van der Waals surface area contributed by atoms with Gasteiger partial charge in [0.2, 0.25) is 0 Å². The molecule has 0 aliphatic heterocycles. The van der Waals surface area contributed by atoms with Crippen LogP contribution in [0.1, 0.15) is 41.6 Å². The third-order valence-corrected chi connectivity index (χ3v) is 4.53. The summed E-state index contributed by atoms with van der Waals surface area (Å²) in [4.78, 5) is 23.9. The minimum Gasteiger partial charge on any atom is -0.497 e. The largest absolute Gasteiger partial charge is 0.497 e. The summed E-state index contributed by atoms with van der Waals surface area (Å²) in [6.45, 7) is 0. The van der Waals surface area contributed by atoms with Crippen molar-refractivity contribution in [3.8, 4) is 22.8 Å². The summed E-state index contributed by atoms with van der Waals surface area (Å²) in [5.41, 5.74) is 0.826. The number of halogens is 1. The molecule has 4 rings (SSSR count). The minimum atomic E-state index is -0.756. The predicted octanol–water partition coefficient (Wildman–Crippen LogP) is 4.98. The Morgan fingerprint density at radius 3 is 2.53 bits per heavy atom. The van der Waals surface area contributed by atoms with Crippen LogP contribution in [0.15, 0.2) is 53.3 Å². The normalized spacial score (nSPS) is 11.7. The van der Waals surface area contributed by atoms with Gasteiger partial charge in [0.15, 0.2) is 0 Å². The fourth-order valence-corrected chi connectivity index (χ4v) is 2.66. The molecule has 3 aromatic rings. The van der Waals surface area contributed by atoms with E-state index in [0.717, 1.165) is 11.8 Å². The molecule has 1 saturated carbocycles. The molecule has 32 heavy (non-hydrogen) atoms. The zero-order valence-corrected chi connectivity index (χ0v) is 17.9. The summed E-state index contributed by atoms with van der Waals surface area (Å²) in [6, 6.07) is 10.8. The van der Waals surface area contributed by atoms with E-state index >= 15 is 0 Å². The Labute approximate surface area is 185 Å². The number of nitrogens with zero attached hydrogens (tertiary/aromatic N) is 1. The third-order valence-electron chi connectivity index (χ3n) is 4.53. The van der Waals surface area contributed by atoms with E-state index in [1.165, 1.54) is 51.7 Å². The maximum Gasteiger partial charge on any atom is 0.349 e. The topological polar surface area (TPSA) is 87.9 Å². The molecule has 2 aromatic carbocycles. The van der Waals surface area contributed by atoms with Gasteiger partial charge in [-0.3, -0.25) is 4.79 Å². The average Bonchev–Trinajstić information content (AvgIpc) is 3.62. The molecule has 0 unspecified atom stereocenters. The molecule has 1 aliphatic rings. The van der Waals surface area contributed by atoms with Gasteiger partial charge in [-0.1, -0.05) is 36.6 Å². The Kier molecular flexibility index (Phi) is 7.96. The summed E-state index contributed by atoms with van der Waals surface area (Å²) < 4.78 is 34.2. The van der Waals surface area contributed by atoms with Gasteiger partial charge in [0.25, 0.3) is 0 Å². The first kappa shape index (κ1) is 23.0. The van der Waals surface area contributed by atoms with Crippen LogP contribution in [0, 0.1) is 5.82 Å². The van der Waals surface area contributed by atoms with Crippen molar-refractivity contribution in [2.45, 2.75) is 32.1 Å². The number of ether oxygens (including phenoxy) is 3. The molecule has 0 saturated heterocycles. The number of hydrogen-bond donors (Lipinski definition) is 0. The molecule has 0 spiro atoms. The van der Waals surface area contributed by atoms with Crippen LogP contribution in [-0.4, -0.2) is 31.3 Å². The van der Waals surface area contributed by atoms with Crippen LogP contribution in [0.4, 0.5) is 4.39 Å². The van der Waals surface area contributed by atoms with Gasteiger partial charge in [-0.25, -0.2) is 9.18 Å². The van der Waals surface area contributed by atoms with Crippen LogP contribution >= 0.6 is 0 Å². The summed E-state index contributed by atoms with van der Waals surface area (Å²) >= 11 is 0. The SMILES string of the molecule is C1CC1.COC(=O)CCc1cccc(OC(=O)c2conc2-c2cc(OC)ccc2F)c1. The Bertz CT molecular complexity index is 1070. The first-order valence-corrected chi connectivity index (χ1v) is 10.2. The fourth-order valence-electron chi connectivity index (χ4n) is 2.66. The number of methoxy groups -OCH3 is 2. The molecule has 8 heteroatoms. The molecule has 0 amide bonds. The Morgan fingerprint density at radius 2 is 1.84 bits per heavy atom. The number of hydrogen-bond acceptors (Lipinski definition) is 7. The van der Waals surface area contributed by atoms with Gasteiger partial charge in [0, 0.05) is 12.0 Å². The second-order valence-corrected chi connectivity index (χ2v) is 7.10. The number of benzene rings is 2. The van der Waals surface area contributed by atoms with E-state index in [1.54, 1.807) is 24.3 Å². The molecule has 0 N–H and O–H groups in total. The van der Waals surface area contributed by atoms with Gasteiger partial charge in [-0.15, -0.1) is 0 Å². The highest BCUT2D eigenvalue weighted by atomic mass is 19.1. The molecular weight excluding hydrogens is 417 g/mol. The van der Waals surface area contributed by atoms with Crippen molar-refractivity contribution >= 4 is 11.9 Å². The molecule has 1 aliphatic carbocycles. The number of carbonyl (C=O) groups is 2. The van der Waals surface area contributed by atoms with Crippen LogP contribution in [-0.2, 0) is 16.0 Å². The maximum absolute atomic E-state index is 14.2. The smallest absolute Gasteiger partial charge is 0.349 e. The second kappa shape index (κ2) is 11.1. The van der Waals surface area contributed by atoms with E-state index in [0.29, 0.717) is 12.2 Å². The molecule has 168 valence electrons. The van der Waals surface area contributed by atoms with Gasteiger partial charge < -0.3 is 18.7 Å². The van der Waals surface area contributed by atoms with Crippen molar-refractivity contribution < 1.29 is 32.7 Å². The van der Waals surface area contributed by atoms with E-state index in [2.05, 4.69) is 9.89 Å². The molecule has 0 bridgehead atoms. The molecular formula is C24H24FNO6. The van der Waals surface area contributed by atoms with Crippen molar-refractivity contribution in [1.29, 1.82) is 0 Å². The Balaban J connectivity index is 0.000000887. The van der Waals surface area contributed by atoms with E-state index < -0.39 is 11.8 Å². The zero-order chi connectivity index (χ0) is 22.9. The van der Waals surface area contributed by atoms with Crippen molar-refractivity contribution in [2.75, 3.05) is 14.2 Å². The first-order valence-electron chi connectivity index (χ1n) is 10.2. The van der Waals surface area contributed by atoms with Crippen molar-refractivity contribution in [3.63, 3.8) is 0 Å². The molecule has 0 radical (unpaired) electrons. The lowest BCUT2D eigenvalue weighted by Crippen LogP contribution is -2.09. The van der Waals surface area contributed by atoms with E-state index in [9.17, 15) is 14.0 Å². The van der Waals surface area contributed by atoms with Gasteiger partial charge in [0.1, 0.15) is 34.8 Å². The number of carbonyl (C=O) groups excluding carboxylic acids is 2. The third kappa shape index (κ3) is 6.41. The quantitative estimate of drug-likeness (QED) is 0.377. The lowest BCUT2D eigenvalue weighted by atomic mass is 10.1. The summed E-state index contributed by atoms with van der Waals surface area (Å²) in [5, 5.41) is 3.74. The Hall–Kier alpha value is -3.68. The van der Waals surface area contributed by atoms with Crippen LogP contribution in [0.5, 0.6) is 11.5 Å². The van der Waals surface area contributed by atoms with Crippen molar-refractivity contribution in [3.05, 3.63) is 65.7 Å². The fraction of sp³-hybridized carbons (Fsp3) is 0.292. The predicted molar refractivity (Wildman–Crippen MR) is 114 cm³/mol. The highest BCUT2D eigenvalue weighted by molar-refractivity contribution is 5.97. The molecule has 1 fully saturated rings. The summed E-state index contributed by atoms with van der Waals surface area (Å²) in [7, 11) is 2.77. The molecule has 0 atom stereocenters. The van der Waals surface area contributed by atoms with Crippen LogP contribution in [0.3, 0.4) is 0 Å². The second-order valence-electron chi connectivity index (χ2n) is 7.10. The van der Waals surface area contributed by atoms with Crippen LogP contribution in [0.25, 0.3) is 11.3 Å². The zero-order valence-electron chi connectivity index (χ0n) is 17.9. The average molecular weight is 441 g/mol. The first-order chi connectivity index (χ1) is 15.5. The van der Waals surface area contributed by atoms with Gasteiger partial charge in [-0.2, -0.15) is 0 Å². The van der Waals surface area contributed by atoms with Crippen LogP contribution in [0.2, 0.25) is 0 Å². The molecule has 1 aromatic heterocycles.